The van der Waals surface area contributed by atoms with Crippen LogP contribution in [0.3, 0.4) is 0 Å². The Hall–Kier alpha value is -3.07. The summed E-state index contributed by atoms with van der Waals surface area (Å²) in [5.41, 5.74) is 0.278. The monoisotopic (exact) mass is 459 g/mol. The van der Waals surface area contributed by atoms with Crippen molar-refractivity contribution in [2.24, 2.45) is 5.41 Å². The number of anilines is 1. The van der Waals surface area contributed by atoms with Crippen molar-refractivity contribution in [2.45, 2.75) is 25.7 Å². The van der Waals surface area contributed by atoms with E-state index in [1.165, 1.54) is 31.4 Å². The number of para-hydroxylation sites is 2. The fourth-order valence-electron chi connectivity index (χ4n) is 3.48. The summed E-state index contributed by atoms with van der Waals surface area (Å²) in [7, 11) is -2.38. The average molecular weight is 460 g/mol. The van der Waals surface area contributed by atoms with Crippen LogP contribution in [0.15, 0.2) is 53.4 Å². The number of amides is 2. The van der Waals surface area contributed by atoms with E-state index in [9.17, 15) is 18.0 Å². The van der Waals surface area contributed by atoms with Gasteiger partial charge in [-0.05, 0) is 36.4 Å². The fraction of sp³-hybridized carbons (Fsp3) is 0.391. The Morgan fingerprint density at radius 2 is 1.47 bits per heavy atom. The molecule has 0 spiro atoms. The molecule has 1 saturated heterocycles. The van der Waals surface area contributed by atoms with Crippen LogP contribution in [0.2, 0.25) is 0 Å². The number of benzene rings is 2. The molecule has 0 saturated carbocycles. The molecule has 1 aliphatic heterocycles. The van der Waals surface area contributed by atoms with E-state index in [1.807, 2.05) is 20.8 Å². The van der Waals surface area contributed by atoms with Crippen molar-refractivity contribution in [3.63, 3.8) is 0 Å². The molecular weight excluding hydrogens is 430 g/mol. The molecule has 1 heterocycles. The van der Waals surface area contributed by atoms with Gasteiger partial charge in [0.15, 0.2) is 0 Å². The number of carbonyl (C=O) groups is 2. The Morgan fingerprint density at radius 1 is 0.906 bits per heavy atom. The molecule has 1 fully saturated rings. The van der Waals surface area contributed by atoms with Crippen molar-refractivity contribution in [3.05, 3.63) is 54.1 Å². The van der Waals surface area contributed by atoms with Crippen LogP contribution in [-0.4, -0.2) is 63.3 Å². The predicted octanol–water partition coefficient (Wildman–Crippen LogP) is 2.83. The summed E-state index contributed by atoms with van der Waals surface area (Å²) in [6.45, 7) is 7.49. The third-order valence-corrected chi connectivity index (χ3v) is 6.64. The molecule has 1 aliphatic rings. The molecule has 0 atom stereocenters. The second-order valence-corrected chi connectivity index (χ2v) is 10.3. The summed E-state index contributed by atoms with van der Waals surface area (Å²) in [5, 5.41) is 0. The van der Waals surface area contributed by atoms with Crippen molar-refractivity contribution in [3.8, 4) is 5.75 Å². The van der Waals surface area contributed by atoms with E-state index in [4.69, 9.17) is 4.74 Å². The van der Waals surface area contributed by atoms with Crippen LogP contribution in [0.5, 0.6) is 5.75 Å². The summed E-state index contributed by atoms with van der Waals surface area (Å²) in [6, 6.07) is 12.5. The van der Waals surface area contributed by atoms with E-state index in [-0.39, 0.29) is 16.7 Å². The molecule has 0 radical (unpaired) electrons. The summed E-state index contributed by atoms with van der Waals surface area (Å²) in [4.78, 5) is 28.8. The largest absolute Gasteiger partial charge is 0.495 e. The van der Waals surface area contributed by atoms with Crippen LogP contribution >= 0.6 is 0 Å². The van der Waals surface area contributed by atoms with Gasteiger partial charge in [-0.2, -0.15) is 0 Å². The van der Waals surface area contributed by atoms with Crippen LogP contribution in [0.4, 0.5) is 5.69 Å². The number of nitrogens with one attached hydrogen (secondary N) is 1. The number of sulfonamides is 1. The first kappa shape index (κ1) is 23.6. The second-order valence-electron chi connectivity index (χ2n) is 8.66. The number of hydrogen-bond donors (Lipinski definition) is 1. The van der Waals surface area contributed by atoms with Crippen LogP contribution in [0, 0.1) is 5.41 Å². The lowest BCUT2D eigenvalue weighted by Crippen LogP contribution is -2.53. The van der Waals surface area contributed by atoms with E-state index in [0.29, 0.717) is 43.2 Å². The van der Waals surface area contributed by atoms with E-state index in [1.54, 1.807) is 34.1 Å². The van der Waals surface area contributed by atoms with E-state index in [0.717, 1.165) is 0 Å². The number of hydrogen-bond acceptors (Lipinski definition) is 5. The topological polar surface area (TPSA) is 96.0 Å². The van der Waals surface area contributed by atoms with Crippen molar-refractivity contribution in [2.75, 3.05) is 38.0 Å². The highest BCUT2D eigenvalue weighted by Gasteiger charge is 2.31. The van der Waals surface area contributed by atoms with Gasteiger partial charge in [0.2, 0.25) is 5.91 Å². The molecule has 0 bridgehead atoms. The standard InChI is InChI=1S/C23H29N3O5S/c1-23(2,3)22(28)26-15-13-25(14-16-26)21(27)17-9-11-18(12-10-17)32(29,30)24-19-7-5-6-8-20(19)31-4/h5-12,24H,13-16H2,1-4H3. The van der Waals surface area contributed by atoms with Crippen molar-refractivity contribution in [1.82, 2.24) is 9.80 Å². The molecule has 0 aliphatic carbocycles. The Morgan fingerprint density at radius 3 is 2.03 bits per heavy atom. The quantitative estimate of drug-likeness (QED) is 0.742. The maximum atomic E-state index is 12.8. The van der Waals surface area contributed by atoms with Gasteiger partial charge in [0, 0.05) is 37.2 Å². The molecule has 3 rings (SSSR count). The first-order valence-electron chi connectivity index (χ1n) is 10.4. The third-order valence-electron chi connectivity index (χ3n) is 5.26. The minimum absolute atomic E-state index is 0.0422. The number of nitrogens with zero attached hydrogens (tertiary/aromatic N) is 2. The van der Waals surface area contributed by atoms with Gasteiger partial charge in [-0.3, -0.25) is 14.3 Å². The summed E-state index contributed by atoms with van der Waals surface area (Å²) < 4.78 is 33.2. The normalized spacial score (nSPS) is 14.8. The molecule has 2 aromatic rings. The molecule has 8 nitrogen and oxygen atoms in total. The van der Waals surface area contributed by atoms with Crippen molar-refractivity contribution >= 4 is 27.5 Å². The molecule has 32 heavy (non-hydrogen) atoms. The number of piperazine rings is 1. The number of methoxy groups -OCH3 is 1. The van der Waals surface area contributed by atoms with Gasteiger partial charge in [0.1, 0.15) is 5.75 Å². The lowest BCUT2D eigenvalue weighted by molar-refractivity contribution is -0.140. The Kier molecular flexibility index (Phi) is 6.78. The van der Waals surface area contributed by atoms with Crippen molar-refractivity contribution in [1.29, 1.82) is 0 Å². The first-order valence-corrected chi connectivity index (χ1v) is 11.9. The highest BCUT2D eigenvalue weighted by atomic mass is 32.2. The second kappa shape index (κ2) is 9.20. The molecule has 9 heteroatoms. The Labute approximate surface area is 189 Å². The zero-order valence-corrected chi connectivity index (χ0v) is 19.6. The minimum Gasteiger partial charge on any atom is -0.495 e. The minimum atomic E-state index is -3.84. The van der Waals surface area contributed by atoms with Gasteiger partial charge in [0.25, 0.3) is 15.9 Å². The highest BCUT2D eigenvalue weighted by Crippen LogP contribution is 2.26. The molecule has 172 valence electrons. The molecule has 0 aromatic heterocycles. The molecule has 2 aromatic carbocycles. The van der Waals surface area contributed by atoms with Crippen LogP contribution in [-0.2, 0) is 14.8 Å². The maximum absolute atomic E-state index is 12.8. The number of ether oxygens (including phenoxy) is 1. The number of rotatable bonds is 5. The van der Waals surface area contributed by atoms with E-state index < -0.39 is 15.4 Å². The van der Waals surface area contributed by atoms with Gasteiger partial charge in [0.05, 0.1) is 17.7 Å². The van der Waals surface area contributed by atoms with Gasteiger partial charge >= 0.3 is 0 Å². The maximum Gasteiger partial charge on any atom is 0.262 e. The van der Waals surface area contributed by atoms with Crippen LogP contribution in [0.25, 0.3) is 0 Å². The Balaban J connectivity index is 1.66. The Bertz CT molecular complexity index is 1080. The molecule has 0 unspecified atom stereocenters. The molecule has 2 amide bonds. The van der Waals surface area contributed by atoms with Crippen LogP contribution in [0.1, 0.15) is 31.1 Å². The molecular formula is C23H29N3O5S. The van der Waals surface area contributed by atoms with Crippen LogP contribution < -0.4 is 9.46 Å². The van der Waals surface area contributed by atoms with E-state index in [2.05, 4.69) is 4.72 Å². The summed E-state index contributed by atoms with van der Waals surface area (Å²) in [5.74, 6) is 0.295. The summed E-state index contributed by atoms with van der Waals surface area (Å²) in [6.07, 6.45) is 0. The SMILES string of the molecule is COc1ccccc1NS(=O)(=O)c1ccc(C(=O)N2CCN(C(=O)C(C)(C)C)CC2)cc1. The highest BCUT2D eigenvalue weighted by molar-refractivity contribution is 7.92. The van der Waals surface area contributed by atoms with Gasteiger partial charge in [-0.1, -0.05) is 32.9 Å². The zero-order valence-electron chi connectivity index (χ0n) is 18.8. The number of carbonyl (C=O) groups excluding carboxylic acids is 2. The zero-order chi connectivity index (χ0) is 23.5. The first-order chi connectivity index (χ1) is 15.0. The molecule has 1 N–H and O–H groups in total. The lowest BCUT2D eigenvalue weighted by Gasteiger charge is -2.37. The smallest absolute Gasteiger partial charge is 0.262 e. The predicted molar refractivity (Wildman–Crippen MR) is 122 cm³/mol. The van der Waals surface area contributed by atoms with E-state index >= 15 is 0 Å². The van der Waals surface area contributed by atoms with Crippen molar-refractivity contribution < 1.29 is 22.7 Å². The van der Waals surface area contributed by atoms with Gasteiger partial charge in [-0.25, -0.2) is 8.42 Å². The lowest BCUT2D eigenvalue weighted by atomic mass is 9.94. The van der Waals surface area contributed by atoms with Gasteiger partial charge < -0.3 is 14.5 Å². The third kappa shape index (κ3) is 5.21. The average Bonchev–Trinajstić information content (AvgIpc) is 2.78. The summed E-state index contributed by atoms with van der Waals surface area (Å²) >= 11 is 0. The van der Waals surface area contributed by atoms with Gasteiger partial charge in [-0.15, -0.1) is 0 Å². The fourth-order valence-corrected chi connectivity index (χ4v) is 4.55.